The van der Waals surface area contributed by atoms with E-state index in [9.17, 15) is 14.9 Å². The Balaban J connectivity index is 1.55. The van der Waals surface area contributed by atoms with Crippen molar-refractivity contribution in [2.75, 3.05) is 31.1 Å². The Hall–Kier alpha value is -3.39. The molecule has 0 unspecified atom stereocenters. The summed E-state index contributed by atoms with van der Waals surface area (Å²) < 4.78 is 1.77. The summed E-state index contributed by atoms with van der Waals surface area (Å²) in [5.74, 6) is -0.00659. The number of carbonyl (C=O) groups excluding carboxylic acids is 1. The first-order chi connectivity index (χ1) is 15.4. The monoisotopic (exact) mass is 453 g/mol. The second-order valence-electron chi connectivity index (χ2n) is 8.01. The van der Waals surface area contributed by atoms with Gasteiger partial charge in [0.05, 0.1) is 28.1 Å². The van der Waals surface area contributed by atoms with Gasteiger partial charge in [0.15, 0.2) is 0 Å². The van der Waals surface area contributed by atoms with Gasteiger partial charge in [-0.2, -0.15) is 5.10 Å². The molecule has 9 heteroatoms. The standard InChI is InChI=1S/C23H24ClN5O3/c1-16(2)22-19(15-25-28(22)18-7-5-6-17(24)14-18)23(30)27-12-10-26(11-13-27)20-8-3-4-9-21(20)29(31)32/h3-9,14-16H,10-13H2,1-2H3. The molecule has 2 aromatic carbocycles. The number of anilines is 1. The van der Waals surface area contributed by atoms with Crippen molar-refractivity contribution in [2.24, 2.45) is 0 Å². The average Bonchev–Trinajstić information content (AvgIpc) is 3.24. The van der Waals surface area contributed by atoms with Gasteiger partial charge in [0, 0.05) is 37.3 Å². The van der Waals surface area contributed by atoms with Crippen LogP contribution in [-0.2, 0) is 0 Å². The summed E-state index contributed by atoms with van der Waals surface area (Å²) in [5.41, 5.74) is 2.87. The number of carbonyl (C=O) groups is 1. The highest BCUT2D eigenvalue weighted by Crippen LogP contribution is 2.29. The lowest BCUT2D eigenvalue weighted by Gasteiger charge is -2.35. The fourth-order valence-corrected chi connectivity index (χ4v) is 4.28. The van der Waals surface area contributed by atoms with Gasteiger partial charge in [-0.1, -0.05) is 43.6 Å². The van der Waals surface area contributed by atoms with E-state index in [1.807, 2.05) is 36.9 Å². The number of nitrogens with zero attached hydrogens (tertiary/aromatic N) is 5. The molecule has 1 fully saturated rings. The SMILES string of the molecule is CC(C)c1c(C(=O)N2CCN(c3ccccc3[N+](=O)[O-])CC2)cnn1-c1cccc(Cl)c1. The van der Waals surface area contributed by atoms with Crippen molar-refractivity contribution in [1.82, 2.24) is 14.7 Å². The Morgan fingerprint density at radius 3 is 2.47 bits per heavy atom. The molecule has 1 aliphatic rings. The molecule has 0 radical (unpaired) electrons. The smallest absolute Gasteiger partial charge is 0.292 e. The first kappa shape index (κ1) is 21.8. The van der Waals surface area contributed by atoms with Gasteiger partial charge in [0.25, 0.3) is 11.6 Å². The highest BCUT2D eigenvalue weighted by atomic mass is 35.5. The van der Waals surface area contributed by atoms with Crippen LogP contribution in [0.2, 0.25) is 5.02 Å². The van der Waals surface area contributed by atoms with Crippen molar-refractivity contribution in [3.8, 4) is 5.69 Å². The van der Waals surface area contributed by atoms with Crippen LogP contribution in [-0.4, -0.2) is 51.7 Å². The van der Waals surface area contributed by atoms with E-state index in [0.717, 1.165) is 11.4 Å². The second kappa shape index (κ2) is 9.00. The van der Waals surface area contributed by atoms with Crippen LogP contribution >= 0.6 is 11.6 Å². The van der Waals surface area contributed by atoms with Crippen molar-refractivity contribution in [1.29, 1.82) is 0 Å². The van der Waals surface area contributed by atoms with Crippen LogP contribution in [0.5, 0.6) is 0 Å². The summed E-state index contributed by atoms with van der Waals surface area (Å²) in [5, 5.41) is 16.4. The maximum atomic E-state index is 13.4. The summed E-state index contributed by atoms with van der Waals surface area (Å²) in [6.45, 7) is 6.06. The highest BCUT2D eigenvalue weighted by Gasteiger charge is 2.29. The van der Waals surface area contributed by atoms with E-state index in [4.69, 9.17) is 11.6 Å². The average molecular weight is 454 g/mol. The Kier molecular flexibility index (Phi) is 6.14. The molecular formula is C23H24ClN5O3. The minimum atomic E-state index is -0.369. The van der Waals surface area contributed by atoms with Crippen molar-refractivity contribution >= 4 is 28.9 Å². The van der Waals surface area contributed by atoms with Crippen LogP contribution in [0, 0.1) is 10.1 Å². The number of nitro groups is 1. The number of hydrogen-bond acceptors (Lipinski definition) is 5. The molecule has 166 valence electrons. The van der Waals surface area contributed by atoms with Crippen LogP contribution in [0.3, 0.4) is 0 Å². The molecule has 8 nitrogen and oxygen atoms in total. The minimum Gasteiger partial charge on any atom is -0.362 e. The molecule has 0 bridgehead atoms. The molecule has 32 heavy (non-hydrogen) atoms. The fourth-order valence-electron chi connectivity index (χ4n) is 4.10. The number of amides is 1. The number of para-hydroxylation sites is 2. The molecule has 1 saturated heterocycles. The lowest BCUT2D eigenvalue weighted by molar-refractivity contribution is -0.384. The van der Waals surface area contributed by atoms with Gasteiger partial charge < -0.3 is 9.80 Å². The molecule has 1 aromatic heterocycles. The fraction of sp³-hybridized carbons (Fsp3) is 0.304. The van der Waals surface area contributed by atoms with E-state index >= 15 is 0 Å². The van der Waals surface area contributed by atoms with Crippen molar-refractivity contribution in [2.45, 2.75) is 19.8 Å². The molecule has 1 amide bonds. The number of rotatable bonds is 5. The Bertz CT molecular complexity index is 1150. The third-order valence-corrected chi connectivity index (χ3v) is 5.86. The van der Waals surface area contributed by atoms with E-state index < -0.39 is 0 Å². The molecule has 3 aromatic rings. The number of piperazine rings is 1. The van der Waals surface area contributed by atoms with Crippen LogP contribution in [0.25, 0.3) is 5.69 Å². The molecule has 4 rings (SSSR count). The highest BCUT2D eigenvalue weighted by molar-refractivity contribution is 6.30. The van der Waals surface area contributed by atoms with Gasteiger partial charge in [-0.25, -0.2) is 4.68 Å². The number of hydrogen-bond donors (Lipinski definition) is 0. The normalized spacial score (nSPS) is 14.1. The largest absolute Gasteiger partial charge is 0.362 e. The van der Waals surface area contributed by atoms with Gasteiger partial charge in [0.2, 0.25) is 0 Å². The first-order valence-electron chi connectivity index (χ1n) is 10.5. The molecule has 0 N–H and O–H groups in total. The predicted octanol–water partition coefficient (Wildman–Crippen LogP) is 4.52. The minimum absolute atomic E-state index is 0.0729. The summed E-state index contributed by atoms with van der Waals surface area (Å²) >= 11 is 6.15. The van der Waals surface area contributed by atoms with Crippen molar-refractivity contribution < 1.29 is 9.72 Å². The zero-order valence-electron chi connectivity index (χ0n) is 17.9. The van der Waals surface area contributed by atoms with Gasteiger partial charge in [-0.15, -0.1) is 0 Å². The number of nitro benzene ring substituents is 1. The molecule has 0 spiro atoms. The van der Waals surface area contributed by atoms with Crippen LogP contribution in [0.4, 0.5) is 11.4 Å². The quantitative estimate of drug-likeness (QED) is 0.419. The molecule has 0 saturated carbocycles. The van der Waals surface area contributed by atoms with Crippen molar-refractivity contribution in [3.05, 3.63) is 81.1 Å². The van der Waals surface area contributed by atoms with Crippen LogP contribution in [0.15, 0.2) is 54.7 Å². The predicted molar refractivity (Wildman–Crippen MR) is 124 cm³/mol. The van der Waals surface area contributed by atoms with E-state index in [2.05, 4.69) is 5.10 Å². The third-order valence-electron chi connectivity index (χ3n) is 5.62. The van der Waals surface area contributed by atoms with Gasteiger partial charge in [0.1, 0.15) is 5.69 Å². The maximum absolute atomic E-state index is 13.4. The summed E-state index contributed by atoms with van der Waals surface area (Å²) in [7, 11) is 0. The molecule has 0 aliphatic carbocycles. The van der Waals surface area contributed by atoms with Crippen LogP contribution in [0.1, 0.15) is 35.8 Å². The number of halogens is 1. The van der Waals surface area contributed by atoms with E-state index in [-0.39, 0.29) is 22.4 Å². The molecule has 0 atom stereocenters. The van der Waals surface area contributed by atoms with E-state index in [1.165, 1.54) is 6.07 Å². The van der Waals surface area contributed by atoms with Gasteiger partial charge in [-0.05, 0) is 30.2 Å². The van der Waals surface area contributed by atoms with Gasteiger partial charge in [-0.3, -0.25) is 14.9 Å². The number of aromatic nitrogens is 2. The molecular weight excluding hydrogens is 430 g/mol. The summed E-state index contributed by atoms with van der Waals surface area (Å²) in [6, 6.07) is 14.1. The first-order valence-corrected chi connectivity index (χ1v) is 10.9. The topological polar surface area (TPSA) is 84.5 Å². The molecule has 2 heterocycles. The zero-order valence-corrected chi connectivity index (χ0v) is 18.7. The Labute approximate surface area is 191 Å². The maximum Gasteiger partial charge on any atom is 0.292 e. The summed E-state index contributed by atoms with van der Waals surface area (Å²) in [6.07, 6.45) is 1.62. The Morgan fingerprint density at radius 2 is 1.81 bits per heavy atom. The Morgan fingerprint density at radius 1 is 1.09 bits per heavy atom. The molecule has 1 aliphatic heterocycles. The number of benzene rings is 2. The third kappa shape index (κ3) is 4.18. The van der Waals surface area contributed by atoms with Crippen molar-refractivity contribution in [3.63, 3.8) is 0 Å². The summed E-state index contributed by atoms with van der Waals surface area (Å²) in [4.78, 5) is 28.1. The van der Waals surface area contributed by atoms with E-state index in [0.29, 0.717) is 42.5 Å². The lowest BCUT2D eigenvalue weighted by atomic mass is 10.0. The zero-order chi connectivity index (χ0) is 22.8. The lowest BCUT2D eigenvalue weighted by Crippen LogP contribution is -2.49. The van der Waals surface area contributed by atoms with E-state index in [1.54, 1.807) is 40.0 Å². The van der Waals surface area contributed by atoms with Crippen LogP contribution < -0.4 is 4.90 Å². The second-order valence-corrected chi connectivity index (χ2v) is 8.45. The van der Waals surface area contributed by atoms with Gasteiger partial charge >= 0.3 is 0 Å².